The number of benzene rings is 1. The van der Waals surface area contributed by atoms with Crippen LogP contribution < -0.4 is 4.52 Å². The Morgan fingerprint density at radius 3 is 2.00 bits per heavy atom. The van der Waals surface area contributed by atoms with Crippen molar-refractivity contribution in [3.05, 3.63) is 30.3 Å². The van der Waals surface area contributed by atoms with Gasteiger partial charge in [-0.2, -0.15) is 0 Å². The highest BCUT2D eigenvalue weighted by Crippen LogP contribution is 2.47. The van der Waals surface area contributed by atoms with Gasteiger partial charge in [0.15, 0.2) is 0 Å². The Labute approximate surface area is 84.4 Å². The molecule has 0 saturated heterocycles. The first kappa shape index (κ1) is 13.2. The third-order valence-electron chi connectivity index (χ3n) is 1.41. The van der Waals surface area contributed by atoms with Crippen molar-refractivity contribution in [2.24, 2.45) is 0 Å². The molecule has 0 radical (unpaired) electrons. The van der Waals surface area contributed by atoms with E-state index in [1.54, 1.807) is 24.3 Å². The van der Waals surface area contributed by atoms with Gasteiger partial charge in [0.25, 0.3) is 0 Å². The molecule has 0 bridgehead atoms. The van der Waals surface area contributed by atoms with Crippen LogP contribution in [0, 0.1) is 0 Å². The van der Waals surface area contributed by atoms with Crippen molar-refractivity contribution >= 4 is 7.82 Å². The summed E-state index contributed by atoms with van der Waals surface area (Å²) < 4.78 is 25.7. The molecular weight excluding hydrogens is 203 g/mol. The predicted octanol–water partition coefficient (Wildman–Crippen LogP) is 3.10. The van der Waals surface area contributed by atoms with Crippen molar-refractivity contribution in [2.45, 2.75) is 7.43 Å². The van der Waals surface area contributed by atoms with Gasteiger partial charge in [-0.05, 0) is 12.1 Å². The van der Waals surface area contributed by atoms with Crippen LogP contribution in [0.15, 0.2) is 30.3 Å². The lowest BCUT2D eigenvalue weighted by atomic mass is 10.3. The van der Waals surface area contributed by atoms with Crippen LogP contribution in [0.1, 0.15) is 7.43 Å². The van der Waals surface area contributed by atoms with Gasteiger partial charge >= 0.3 is 7.82 Å². The van der Waals surface area contributed by atoms with Gasteiger partial charge in [0.1, 0.15) is 5.75 Å². The average molecular weight is 218 g/mol. The molecule has 1 rings (SSSR count). The molecule has 14 heavy (non-hydrogen) atoms. The number of hydrogen-bond acceptors (Lipinski definition) is 4. The van der Waals surface area contributed by atoms with Gasteiger partial charge in [-0.15, -0.1) is 0 Å². The smallest absolute Gasteiger partial charge is 0.404 e. The molecule has 0 aliphatic rings. The van der Waals surface area contributed by atoms with Crippen LogP contribution in [-0.4, -0.2) is 14.2 Å². The Kier molecular flexibility index (Phi) is 5.46. The largest absolute Gasteiger partial charge is 0.529 e. The quantitative estimate of drug-likeness (QED) is 0.728. The minimum absolute atomic E-state index is 0. The summed E-state index contributed by atoms with van der Waals surface area (Å²) in [6.45, 7) is 0. The molecule has 0 atom stereocenters. The maximum Gasteiger partial charge on any atom is 0.529 e. The molecule has 80 valence electrons. The van der Waals surface area contributed by atoms with Gasteiger partial charge in [-0.1, -0.05) is 25.6 Å². The third kappa shape index (κ3) is 3.50. The first-order valence-electron chi connectivity index (χ1n) is 3.66. The van der Waals surface area contributed by atoms with Crippen LogP contribution in [0.3, 0.4) is 0 Å². The lowest BCUT2D eigenvalue weighted by Crippen LogP contribution is -1.96. The average Bonchev–Trinajstić information content (AvgIpc) is 2.19. The van der Waals surface area contributed by atoms with Crippen LogP contribution in [0.2, 0.25) is 0 Å². The van der Waals surface area contributed by atoms with Crippen LogP contribution in [-0.2, 0) is 13.6 Å². The molecular formula is C9H15O4P. The molecule has 0 aromatic heterocycles. The first-order chi connectivity index (χ1) is 6.20. The van der Waals surface area contributed by atoms with Crippen molar-refractivity contribution in [3.63, 3.8) is 0 Å². The molecule has 0 fully saturated rings. The van der Waals surface area contributed by atoms with E-state index in [-0.39, 0.29) is 7.43 Å². The second kappa shape index (κ2) is 5.81. The summed E-state index contributed by atoms with van der Waals surface area (Å²) in [4.78, 5) is 0. The van der Waals surface area contributed by atoms with E-state index < -0.39 is 7.82 Å². The molecule has 4 nitrogen and oxygen atoms in total. The number of phosphoric acid groups is 1. The Morgan fingerprint density at radius 2 is 1.57 bits per heavy atom. The van der Waals surface area contributed by atoms with Gasteiger partial charge in [0.05, 0.1) is 0 Å². The molecule has 0 spiro atoms. The molecule has 0 saturated carbocycles. The van der Waals surface area contributed by atoms with E-state index >= 15 is 0 Å². The fraction of sp³-hybridized carbons (Fsp3) is 0.333. The summed E-state index contributed by atoms with van der Waals surface area (Å²) in [5.74, 6) is 0.453. The molecule has 0 aliphatic carbocycles. The van der Waals surface area contributed by atoms with Crippen molar-refractivity contribution in [3.8, 4) is 5.75 Å². The van der Waals surface area contributed by atoms with E-state index in [1.807, 2.05) is 6.07 Å². The van der Waals surface area contributed by atoms with Crippen molar-refractivity contribution < 1.29 is 18.1 Å². The summed E-state index contributed by atoms with van der Waals surface area (Å²) >= 11 is 0. The second-order valence-corrected chi connectivity index (χ2v) is 4.02. The van der Waals surface area contributed by atoms with Crippen LogP contribution in [0.5, 0.6) is 5.75 Å². The standard InChI is InChI=1S/C8H11O4P.CH4/c1-10-13(9,11-2)12-8-6-4-3-5-7-8;/h3-7H,1-2H3;1H4. The molecule has 0 N–H and O–H groups in total. The highest BCUT2D eigenvalue weighted by molar-refractivity contribution is 7.48. The van der Waals surface area contributed by atoms with Crippen LogP contribution in [0.4, 0.5) is 0 Å². The maximum absolute atomic E-state index is 11.5. The fourth-order valence-corrected chi connectivity index (χ4v) is 1.44. The van der Waals surface area contributed by atoms with Crippen LogP contribution >= 0.6 is 7.82 Å². The van der Waals surface area contributed by atoms with Crippen molar-refractivity contribution in [2.75, 3.05) is 14.2 Å². The summed E-state index contributed by atoms with van der Waals surface area (Å²) in [7, 11) is -0.861. The van der Waals surface area contributed by atoms with Gasteiger partial charge in [0.2, 0.25) is 0 Å². The number of para-hydroxylation sites is 1. The van der Waals surface area contributed by atoms with E-state index in [2.05, 4.69) is 9.05 Å². The first-order valence-corrected chi connectivity index (χ1v) is 5.12. The van der Waals surface area contributed by atoms with E-state index in [9.17, 15) is 4.57 Å². The monoisotopic (exact) mass is 218 g/mol. The summed E-state index contributed by atoms with van der Waals surface area (Å²) in [6, 6.07) is 8.71. The number of phosphoric ester groups is 1. The predicted molar refractivity (Wildman–Crippen MR) is 55.4 cm³/mol. The topological polar surface area (TPSA) is 44.8 Å². The molecule has 0 amide bonds. The second-order valence-electron chi connectivity index (χ2n) is 2.22. The van der Waals surface area contributed by atoms with Crippen molar-refractivity contribution in [1.29, 1.82) is 0 Å². The van der Waals surface area contributed by atoms with E-state index in [0.29, 0.717) is 5.75 Å². The maximum atomic E-state index is 11.5. The zero-order chi connectivity index (χ0) is 9.73. The minimum atomic E-state index is -3.40. The summed E-state index contributed by atoms with van der Waals surface area (Å²) in [6.07, 6.45) is 0. The minimum Gasteiger partial charge on any atom is -0.404 e. The molecule has 0 unspecified atom stereocenters. The lowest BCUT2D eigenvalue weighted by Gasteiger charge is -2.13. The van der Waals surface area contributed by atoms with Gasteiger partial charge < -0.3 is 4.52 Å². The van der Waals surface area contributed by atoms with E-state index in [1.165, 1.54) is 14.2 Å². The Balaban J connectivity index is 0.00000169. The molecule has 0 aliphatic heterocycles. The number of rotatable bonds is 4. The van der Waals surface area contributed by atoms with Crippen molar-refractivity contribution in [1.82, 2.24) is 0 Å². The van der Waals surface area contributed by atoms with Gasteiger partial charge in [0, 0.05) is 14.2 Å². The SMILES string of the molecule is C.COP(=O)(OC)Oc1ccccc1. The van der Waals surface area contributed by atoms with Crippen LogP contribution in [0.25, 0.3) is 0 Å². The molecule has 5 heteroatoms. The fourth-order valence-electron chi connectivity index (χ4n) is 0.760. The molecule has 0 heterocycles. The molecule has 1 aromatic carbocycles. The Bertz CT molecular complexity index is 291. The van der Waals surface area contributed by atoms with Gasteiger partial charge in [-0.25, -0.2) is 4.57 Å². The highest BCUT2D eigenvalue weighted by atomic mass is 31.2. The summed E-state index contributed by atoms with van der Waals surface area (Å²) in [5, 5.41) is 0. The number of hydrogen-bond donors (Lipinski definition) is 0. The molecule has 1 aromatic rings. The highest BCUT2D eigenvalue weighted by Gasteiger charge is 2.24. The lowest BCUT2D eigenvalue weighted by molar-refractivity contribution is 0.211. The Morgan fingerprint density at radius 1 is 1.07 bits per heavy atom. The zero-order valence-electron chi connectivity index (χ0n) is 7.47. The third-order valence-corrected chi connectivity index (χ3v) is 2.74. The van der Waals surface area contributed by atoms with Gasteiger partial charge in [-0.3, -0.25) is 9.05 Å². The van der Waals surface area contributed by atoms with E-state index in [4.69, 9.17) is 4.52 Å². The normalized spacial score (nSPS) is 10.4. The Hall–Kier alpha value is -0.830. The zero-order valence-corrected chi connectivity index (χ0v) is 8.36. The summed E-state index contributed by atoms with van der Waals surface area (Å²) in [5.41, 5.74) is 0. The van der Waals surface area contributed by atoms with E-state index in [0.717, 1.165) is 0 Å².